The van der Waals surface area contributed by atoms with Crippen molar-refractivity contribution in [3.05, 3.63) is 41.5 Å². The summed E-state index contributed by atoms with van der Waals surface area (Å²) in [4.78, 5) is 0. The van der Waals surface area contributed by atoms with Crippen molar-refractivity contribution in [2.75, 3.05) is 5.33 Å². The largest absolute Gasteiger partial charge is 0.399 e. The second-order valence-electron chi connectivity index (χ2n) is 3.21. The van der Waals surface area contributed by atoms with E-state index >= 15 is 0 Å². The molecular weight excluding hydrogens is 317 g/mol. The highest BCUT2D eigenvalue weighted by molar-refractivity contribution is 9.09. The van der Waals surface area contributed by atoms with Gasteiger partial charge in [-0.15, -0.1) is 9.46 Å². The van der Waals surface area contributed by atoms with Crippen molar-refractivity contribution < 1.29 is 23.1 Å². The first kappa shape index (κ1) is 14.5. The molecule has 0 spiro atoms. The van der Waals surface area contributed by atoms with E-state index in [0.29, 0.717) is 5.56 Å². The van der Waals surface area contributed by atoms with Gasteiger partial charge in [-0.25, -0.2) is 0 Å². The van der Waals surface area contributed by atoms with Crippen LogP contribution in [-0.4, -0.2) is 5.33 Å². The van der Waals surface area contributed by atoms with Gasteiger partial charge in [-0.05, 0) is 20.2 Å². The molecule has 0 radical (unpaired) electrons. The number of allylic oxidation sites excluding steroid dienone is 1. The van der Waals surface area contributed by atoms with Crippen molar-refractivity contribution in [3.8, 4) is 0 Å². The van der Waals surface area contributed by atoms with E-state index in [2.05, 4.69) is 25.4 Å². The fourth-order valence-electron chi connectivity index (χ4n) is 1.20. The molecule has 0 atom stereocenters. The first-order valence-corrected chi connectivity index (χ1v) is 7.49. The fraction of sp³-hybridized carbons (Fsp3) is 0.200. The van der Waals surface area contributed by atoms with Gasteiger partial charge in [0, 0.05) is 5.33 Å². The number of halogens is 3. The van der Waals surface area contributed by atoms with Crippen molar-refractivity contribution in [3.63, 3.8) is 0 Å². The Morgan fingerprint density at radius 3 is 2.29 bits per heavy atom. The van der Waals surface area contributed by atoms with E-state index in [4.69, 9.17) is 0 Å². The van der Waals surface area contributed by atoms with Crippen LogP contribution in [0.4, 0.5) is 9.05 Å². The van der Waals surface area contributed by atoms with Crippen LogP contribution >= 0.6 is 23.5 Å². The minimum Gasteiger partial charge on any atom is -0.254 e. The number of rotatable bonds is 6. The molecule has 1 rings (SSSR count). The zero-order valence-corrected chi connectivity index (χ0v) is 11.2. The maximum absolute atomic E-state index is 11.8. The molecule has 0 bridgehead atoms. The Kier molecular flexibility index (Phi) is 5.98. The number of alkyl halides is 1. The predicted octanol–water partition coefficient (Wildman–Crippen LogP) is 4.59. The molecule has 0 aliphatic rings. The van der Waals surface area contributed by atoms with E-state index in [1.54, 1.807) is 24.3 Å². The van der Waals surface area contributed by atoms with Crippen molar-refractivity contribution in [1.82, 2.24) is 0 Å². The lowest BCUT2D eigenvalue weighted by molar-refractivity contribution is -0.0881. The van der Waals surface area contributed by atoms with Gasteiger partial charge in [-0.1, -0.05) is 52.3 Å². The maximum Gasteiger partial charge on any atom is 0.399 e. The van der Waals surface area contributed by atoms with E-state index in [-0.39, 0.29) is 0 Å². The Morgan fingerprint density at radius 2 is 1.82 bits per heavy atom. The van der Waals surface area contributed by atoms with Gasteiger partial charge in [-0.2, -0.15) is 0 Å². The third kappa shape index (κ3) is 4.68. The van der Waals surface area contributed by atoms with Crippen molar-refractivity contribution >= 4 is 29.6 Å². The van der Waals surface area contributed by atoms with Crippen LogP contribution in [0.5, 0.6) is 0 Å². The fourth-order valence-corrected chi connectivity index (χ4v) is 2.16. The maximum atomic E-state index is 11.8. The van der Waals surface area contributed by atoms with Gasteiger partial charge in [0.05, 0.1) is 6.16 Å². The summed E-state index contributed by atoms with van der Waals surface area (Å²) in [5.74, 6) is 0. The lowest BCUT2D eigenvalue weighted by Gasteiger charge is -2.06. The Hall–Kier alpha value is -0.550. The molecule has 17 heavy (non-hydrogen) atoms. The molecular formula is C10H10BrF2O3P. The minimum atomic E-state index is -4.30. The number of hydrogen-bond acceptors (Lipinski definition) is 3. The van der Waals surface area contributed by atoms with Crippen LogP contribution in [0.1, 0.15) is 11.1 Å². The molecule has 0 saturated heterocycles. The van der Waals surface area contributed by atoms with Crippen LogP contribution < -0.4 is 0 Å². The highest BCUT2D eigenvalue weighted by Crippen LogP contribution is 2.52. The molecule has 0 aromatic heterocycles. The average Bonchev–Trinajstić information content (AvgIpc) is 2.38. The lowest BCUT2D eigenvalue weighted by Crippen LogP contribution is -1.90. The van der Waals surface area contributed by atoms with Gasteiger partial charge in [0.2, 0.25) is 0 Å². The molecule has 94 valence electrons. The summed E-state index contributed by atoms with van der Waals surface area (Å²) in [7, 11) is -4.30. The SMILES string of the molecule is O=P(Cc1ccc(/C=C/CBr)cc1)(OF)OF. The summed E-state index contributed by atoms with van der Waals surface area (Å²) < 4.78 is 40.9. The topological polar surface area (TPSA) is 35.5 Å². The van der Waals surface area contributed by atoms with Crippen LogP contribution in [0, 0.1) is 0 Å². The lowest BCUT2D eigenvalue weighted by atomic mass is 10.1. The average molecular weight is 327 g/mol. The minimum absolute atomic E-state index is 0.456. The second kappa shape index (κ2) is 7.01. The first-order chi connectivity index (χ1) is 8.13. The molecule has 1 aromatic rings. The molecule has 0 amide bonds. The molecule has 0 N–H and O–H groups in total. The molecule has 1 aromatic carbocycles. The summed E-state index contributed by atoms with van der Waals surface area (Å²) in [6.07, 6.45) is 3.31. The highest BCUT2D eigenvalue weighted by Gasteiger charge is 2.27. The van der Waals surface area contributed by atoms with Crippen LogP contribution in [0.25, 0.3) is 6.08 Å². The Labute approximate surface area is 106 Å². The van der Waals surface area contributed by atoms with Gasteiger partial charge in [0.1, 0.15) is 0 Å². The second-order valence-corrected chi connectivity index (χ2v) is 5.67. The zero-order valence-electron chi connectivity index (χ0n) is 8.68. The quantitative estimate of drug-likeness (QED) is 0.566. The summed E-state index contributed by atoms with van der Waals surface area (Å²) in [5.41, 5.74) is 1.38. The van der Waals surface area contributed by atoms with Gasteiger partial charge in [0.15, 0.2) is 0 Å². The van der Waals surface area contributed by atoms with E-state index in [1.807, 2.05) is 12.2 Å². The van der Waals surface area contributed by atoms with E-state index < -0.39 is 13.8 Å². The summed E-state index contributed by atoms with van der Waals surface area (Å²) >= 11 is 3.24. The number of benzene rings is 1. The van der Waals surface area contributed by atoms with Crippen molar-refractivity contribution in [1.29, 1.82) is 0 Å². The van der Waals surface area contributed by atoms with E-state index in [0.717, 1.165) is 10.9 Å². The van der Waals surface area contributed by atoms with Crippen molar-refractivity contribution in [2.24, 2.45) is 0 Å². The Bertz CT molecular complexity index is 414. The van der Waals surface area contributed by atoms with Crippen LogP contribution in [0.3, 0.4) is 0 Å². The molecule has 7 heteroatoms. The summed E-state index contributed by atoms with van der Waals surface area (Å²) in [6.45, 7) is 0. The molecule has 0 saturated carbocycles. The van der Waals surface area contributed by atoms with Crippen LogP contribution in [0.2, 0.25) is 0 Å². The van der Waals surface area contributed by atoms with Crippen molar-refractivity contribution in [2.45, 2.75) is 6.16 Å². The smallest absolute Gasteiger partial charge is 0.254 e. The molecule has 0 fully saturated rings. The van der Waals surface area contributed by atoms with Crippen LogP contribution in [0.15, 0.2) is 30.3 Å². The standard InChI is InChI=1S/C10H10BrF2O3P/c11-7-1-2-9-3-5-10(6-4-9)8-17(14,15-12)16-13/h1-6H,7-8H2/b2-1+. The highest BCUT2D eigenvalue weighted by atomic mass is 79.9. The molecule has 0 unspecified atom stereocenters. The summed E-state index contributed by atoms with van der Waals surface area (Å²) in [6, 6.07) is 6.65. The van der Waals surface area contributed by atoms with Gasteiger partial charge in [0.25, 0.3) is 0 Å². The monoisotopic (exact) mass is 326 g/mol. The first-order valence-electron chi connectivity index (χ1n) is 4.64. The van der Waals surface area contributed by atoms with Gasteiger partial charge in [-0.3, -0.25) is 4.57 Å². The Morgan fingerprint density at radius 1 is 1.24 bits per heavy atom. The normalized spacial score (nSPS) is 12.2. The number of hydrogen-bond donors (Lipinski definition) is 0. The molecule has 3 nitrogen and oxygen atoms in total. The van der Waals surface area contributed by atoms with Gasteiger partial charge >= 0.3 is 7.60 Å². The summed E-state index contributed by atoms with van der Waals surface area (Å²) in [5, 5.41) is 0.731. The molecule has 0 heterocycles. The third-order valence-corrected chi connectivity index (χ3v) is 3.51. The predicted molar refractivity (Wildman–Crippen MR) is 65.0 cm³/mol. The zero-order chi connectivity index (χ0) is 12.7. The molecule has 0 aliphatic heterocycles. The molecule has 0 aliphatic carbocycles. The Balaban J connectivity index is 2.75. The van der Waals surface area contributed by atoms with E-state index in [1.165, 1.54) is 0 Å². The van der Waals surface area contributed by atoms with Gasteiger partial charge < -0.3 is 0 Å². The third-order valence-electron chi connectivity index (χ3n) is 1.97. The van der Waals surface area contributed by atoms with E-state index in [9.17, 15) is 13.6 Å². The van der Waals surface area contributed by atoms with Crippen LogP contribution in [-0.2, 0) is 20.2 Å².